The van der Waals surface area contributed by atoms with Crippen molar-refractivity contribution in [3.05, 3.63) is 29.2 Å². The van der Waals surface area contributed by atoms with Gasteiger partial charge in [0.25, 0.3) is 0 Å². The molecule has 17 heavy (non-hydrogen) atoms. The average molecular weight is 236 g/mol. The minimum absolute atomic E-state index is 0.0499. The molecule has 1 heterocycles. The van der Waals surface area contributed by atoms with E-state index in [4.69, 9.17) is 9.47 Å². The van der Waals surface area contributed by atoms with E-state index in [-0.39, 0.29) is 6.10 Å². The Bertz CT molecular complexity index is 389. The maximum atomic E-state index is 10.2. The maximum Gasteiger partial charge on any atom is 0.163 e. The normalized spacial score (nSPS) is 22.4. The Morgan fingerprint density at radius 3 is 2.65 bits per heavy atom. The minimum atomic E-state index is -0.488. The molecular weight excluding hydrogens is 220 g/mol. The van der Waals surface area contributed by atoms with Gasteiger partial charge < -0.3 is 14.8 Å². The number of rotatable bonds is 4. The number of hydrogen-bond acceptors (Lipinski definition) is 5. The standard InChI is InChI=1S/C12H16N2O3/c1-12(2)16-8-11(17-12)7-13-9-3-5-10(14-15)6-4-9/h3-6,11,13H,7-8H2,1-2H3. The van der Waals surface area contributed by atoms with Crippen LogP contribution in [0.3, 0.4) is 0 Å². The predicted molar refractivity (Wildman–Crippen MR) is 65.3 cm³/mol. The number of benzene rings is 1. The summed E-state index contributed by atoms with van der Waals surface area (Å²) in [7, 11) is 0. The second-order valence-corrected chi connectivity index (χ2v) is 4.47. The molecule has 5 heteroatoms. The molecule has 2 rings (SSSR count). The van der Waals surface area contributed by atoms with Crippen molar-refractivity contribution < 1.29 is 9.47 Å². The molecule has 1 aromatic carbocycles. The van der Waals surface area contributed by atoms with Crippen molar-refractivity contribution in [2.45, 2.75) is 25.7 Å². The van der Waals surface area contributed by atoms with Crippen molar-refractivity contribution in [3.8, 4) is 0 Å². The Labute approximate surface area is 100 Å². The van der Waals surface area contributed by atoms with Crippen LogP contribution >= 0.6 is 0 Å². The van der Waals surface area contributed by atoms with Gasteiger partial charge in [0.2, 0.25) is 0 Å². The van der Waals surface area contributed by atoms with Crippen LogP contribution in [0.25, 0.3) is 0 Å². The third-order valence-electron chi connectivity index (χ3n) is 2.57. The quantitative estimate of drug-likeness (QED) is 0.816. The van der Waals surface area contributed by atoms with Crippen molar-refractivity contribution in [1.82, 2.24) is 0 Å². The Morgan fingerprint density at radius 1 is 1.41 bits per heavy atom. The van der Waals surface area contributed by atoms with Crippen molar-refractivity contribution in [3.63, 3.8) is 0 Å². The van der Waals surface area contributed by atoms with Gasteiger partial charge in [0, 0.05) is 12.2 Å². The molecule has 0 spiro atoms. The molecule has 1 aromatic rings. The summed E-state index contributed by atoms with van der Waals surface area (Å²) in [5.74, 6) is -0.488. The molecule has 0 aliphatic carbocycles. The summed E-state index contributed by atoms with van der Waals surface area (Å²) in [6.07, 6.45) is 0.0499. The fraction of sp³-hybridized carbons (Fsp3) is 0.500. The van der Waals surface area contributed by atoms with E-state index in [0.717, 1.165) is 5.69 Å². The molecule has 1 saturated heterocycles. The summed E-state index contributed by atoms with van der Waals surface area (Å²) in [5, 5.41) is 6.07. The molecular formula is C12H16N2O3. The van der Waals surface area contributed by atoms with Crippen LogP contribution in [0.1, 0.15) is 13.8 Å². The lowest BCUT2D eigenvalue weighted by Gasteiger charge is -2.17. The van der Waals surface area contributed by atoms with E-state index in [1.54, 1.807) is 12.1 Å². The van der Waals surface area contributed by atoms with E-state index < -0.39 is 5.79 Å². The van der Waals surface area contributed by atoms with Crippen molar-refractivity contribution in [2.24, 2.45) is 5.18 Å². The number of nitroso groups, excluding NO2 is 1. The van der Waals surface area contributed by atoms with E-state index in [0.29, 0.717) is 18.8 Å². The van der Waals surface area contributed by atoms with Crippen LogP contribution in [-0.2, 0) is 9.47 Å². The van der Waals surface area contributed by atoms with E-state index in [9.17, 15) is 4.91 Å². The summed E-state index contributed by atoms with van der Waals surface area (Å²) in [6, 6.07) is 6.98. The first-order valence-corrected chi connectivity index (χ1v) is 5.58. The third-order valence-corrected chi connectivity index (χ3v) is 2.57. The molecule has 1 N–H and O–H groups in total. The van der Waals surface area contributed by atoms with Gasteiger partial charge in [-0.25, -0.2) is 0 Å². The zero-order chi connectivity index (χ0) is 12.3. The zero-order valence-electron chi connectivity index (χ0n) is 9.97. The van der Waals surface area contributed by atoms with Gasteiger partial charge >= 0.3 is 0 Å². The smallest absolute Gasteiger partial charge is 0.163 e. The topological polar surface area (TPSA) is 59.9 Å². The van der Waals surface area contributed by atoms with Gasteiger partial charge in [0.05, 0.1) is 6.61 Å². The highest BCUT2D eigenvalue weighted by atomic mass is 16.7. The number of anilines is 1. The number of hydrogen-bond donors (Lipinski definition) is 1. The molecule has 0 bridgehead atoms. The fourth-order valence-corrected chi connectivity index (χ4v) is 1.74. The molecule has 92 valence electrons. The van der Waals surface area contributed by atoms with Crippen LogP contribution in [0.15, 0.2) is 29.4 Å². The van der Waals surface area contributed by atoms with Crippen LogP contribution in [0.5, 0.6) is 0 Å². The molecule has 1 aliphatic heterocycles. The summed E-state index contributed by atoms with van der Waals surface area (Å²) >= 11 is 0. The first-order chi connectivity index (χ1) is 8.09. The Balaban J connectivity index is 1.84. The third kappa shape index (κ3) is 3.25. The summed E-state index contributed by atoms with van der Waals surface area (Å²) < 4.78 is 11.1. The highest BCUT2D eigenvalue weighted by molar-refractivity contribution is 5.50. The van der Waals surface area contributed by atoms with Gasteiger partial charge in [-0.15, -0.1) is 4.91 Å². The van der Waals surface area contributed by atoms with E-state index >= 15 is 0 Å². The van der Waals surface area contributed by atoms with Crippen LogP contribution in [0, 0.1) is 4.91 Å². The molecule has 1 aliphatic rings. The van der Waals surface area contributed by atoms with Gasteiger partial charge in [-0.05, 0) is 43.3 Å². The number of ether oxygens (including phenoxy) is 2. The van der Waals surface area contributed by atoms with E-state index in [1.165, 1.54) is 0 Å². The molecule has 0 saturated carbocycles. The SMILES string of the molecule is CC1(C)OCC(CNc2ccc(N=O)cc2)O1. The first kappa shape index (κ1) is 12.0. The zero-order valence-corrected chi connectivity index (χ0v) is 9.97. The molecule has 1 fully saturated rings. The molecule has 0 aromatic heterocycles. The van der Waals surface area contributed by atoms with Gasteiger partial charge in [-0.2, -0.15) is 0 Å². The lowest BCUT2D eigenvalue weighted by Crippen LogP contribution is -2.25. The molecule has 1 unspecified atom stereocenters. The molecule has 0 amide bonds. The van der Waals surface area contributed by atoms with E-state index in [1.807, 2.05) is 26.0 Å². The van der Waals surface area contributed by atoms with Gasteiger partial charge in [0.1, 0.15) is 11.8 Å². The van der Waals surface area contributed by atoms with Crippen LogP contribution in [0.4, 0.5) is 11.4 Å². The Morgan fingerprint density at radius 2 is 2.12 bits per heavy atom. The van der Waals surface area contributed by atoms with Gasteiger partial charge in [0.15, 0.2) is 5.79 Å². The highest BCUT2D eigenvalue weighted by Crippen LogP contribution is 2.23. The van der Waals surface area contributed by atoms with E-state index in [2.05, 4.69) is 10.5 Å². The molecule has 0 radical (unpaired) electrons. The highest BCUT2D eigenvalue weighted by Gasteiger charge is 2.32. The molecule has 1 atom stereocenters. The van der Waals surface area contributed by atoms with Crippen molar-refractivity contribution in [1.29, 1.82) is 0 Å². The number of nitrogens with one attached hydrogen (secondary N) is 1. The summed E-state index contributed by atoms with van der Waals surface area (Å²) in [5.41, 5.74) is 1.36. The monoisotopic (exact) mass is 236 g/mol. The first-order valence-electron chi connectivity index (χ1n) is 5.58. The van der Waals surface area contributed by atoms with Gasteiger partial charge in [-0.3, -0.25) is 0 Å². The van der Waals surface area contributed by atoms with Crippen LogP contribution in [0.2, 0.25) is 0 Å². The lowest BCUT2D eigenvalue weighted by molar-refractivity contribution is -0.136. The fourth-order valence-electron chi connectivity index (χ4n) is 1.74. The second-order valence-electron chi connectivity index (χ2n) is 4.47. The minimum Gasteiger partial charge on any atom is -0.382 e. The second kappa shape index (κ2) is 4.81. The van der Waals surface area contributed by atoms with Crippen LogP contribution < -0.4 is 5.32 Å². The summed E-state index contributed by atoms with van der Waals surface area (Å²) in [6.45, 7) is 5.07. The molecule has 5 nitrogen and oxygen atoms in total. The van der Waals surface area contributed by atoms with Crippen molar-refractivity contribution >= 4 is 11.4 Å². The summed E-state index contributed by atoms with van der Waals surface area (Å²) in [4.78, 5) is 10.2. The van der Waals surface area contributed by atoms with Crippen molar-refractivity contribution in [2.75, 3.05) is 18.5 Å². The van der Waals surface area contributed by atoms with Crippen LogP contribution in [-0.4, -0.2) is 25.0 Å². The Kier molecular flexibility index (Phi) is 3.40. The largest absolute Gasteiger partial charge is 0.382 e. The van der Waals surface area contributed by atoms with Gasteiger partial charge in [-0.1, -0.05) is 0 Å². The maximum absolute atomic E-state index is 10.2. The number of nitrogens with zero attached hydrogens (tertiary/aromatic N) is 1. The predicted octanol–water partition coefficient (Wildman–Crippen LogP) is 2.65. The Hall–Kier alpha value is -1.46. The lowest BCUT2D eigenvalue weighted by atomic mass is 10.2. The average Bonchev–Trinajstić information content (AvgIpc) is 2.67.